The molecule has 0 saturated carbocycles. The number of rotatable bonds is 4. The van der Waals surface area contributed by atoms with Gasteiger partial charge in [0, 0.05) is 17.3 Å². The van der Waals surface area contributed by atoms with Crippen molar-refractivity contribution in [2.45, 2.75) is 6.92 Å². The molecule has 0 heterocycles. The van der Waals surface area contributed by atoms with Gasteiger partial charge in [0.15, 0.2) is 0 Å². The predicted molar refractivity (Wildman–Crippen MR) is 78.7 cm³/mol. The number of nitrogens with one attached hydrogen (secondary N) is 1. The van der Waals surface area contributed by atoms with Gasteiger partial charge in [0.1, 0.15) is 11.5 Å². The highest BCUT2D eigenvalue weighted by atomic mass is 16.5. The van der Waals surface area contributed by atoms with Crippen molar-refractivity contribution >= 4 is 11.6 Å². The highest BCUT2D eigenvalue weighted by Crippen LogP contribution is 2.21. The van der Waals surface area contributed by atoms with Gasteiger partial charge in [0.05, 0.1) is 14.2 Å². The Hall–Kier alpha value is -2.49. The van der Waals surface area contributed by atoms with Crippen LogP contribution in [0.25, 0.3) is 0 Å². The normalized spacial score (nSPS) is 9.95. The van der Waals surface area contributed by atoms with Crippen LogP contribution in [0.1, 0.15) is 15.9 Å². The molecule has 2 aromatic carbocycles. The SMILES string of the molecule is COc1cccc(NC(=O)c2ccc(C)c(OC)c2)c1. The number of benzene rings is 2. The van der Waals surface area contributed by atoms with E-state index < -0.39 is 0 Å². The van der Waals surface area contributed by atoms with Crippen molar-refractivity contribution in [2.75, 3.05) is 19.5 Å². The second-order valence-electron chi connectivity index (χ2n) is 4.37. The van der Waals surface area contributed by atoms with Crippen molar-refractivity contribution < 1.29 is 14.3 Å². The monoisotopic (exact) mass is 271 g/mol. The van der Waals surface area contributed by atoms with E-state index in [-0.39, 0.29) is 5.91 Å². The lowest BCUT2D eigenvalue weighted by atomic mass is 10.1. The van der Waals surface area contributed by atoms with Crippen LogP contribution in [0.2, 0.25) is 0 Å². The number of methoxy groups -OCH3 is 2. The minimum Gasteiger partial charge on any atom is -0.497 e. The molecule has 1 amide bonds. The Morgan fingerprint density at radius 1 is 1.05 bits per heavy atom. The third kappa shape index (κ3) is 3.09. The van der Waals surface area contributed by atoms with E-state index in [1.165, 1.54) is 0 Å². The molecule has 104 valence electrons. The highest BCUT2D eigenvalue weighted by molar-refractivity contribution is 6.04. The number of ether oxygens (including phenoxy) is 2. The zero-order valence-corrected chi connectivity index (χ0v) is 11.8. The van der Waals surface area contributed by atoms with Crippen molar-refractivity contribution in [3.05, 3.63) is 53.6 Å². The molecule has 0 spiro atoms. The van der Waals surface area contributed by atoms with Crippen molar-refractivity contribution in [2.24, 2.45) is 0 Å². The molecule has 2 rings (SSSR count). The number of aryl methyl sites for hydroxylation is 1. The summed E-state index contributed by atoms with van der Waals surface area (Å²) in [6.07, 6.45) is 0. The smallest absolute Gasteiger partial charge is 0.255 e. The van der Waals surface area contributed by atoms with Gasteiger partial charge < -0.3 is 14.8 Å². The van der Waals surface area contributed by atoms with Crippen LogP contribution in [-0.4, -0.2) is 20.1 Å². The molecule has 20 heavy (non-hydrogen) atoms. The molecule has 0 aromatic heterocycles. The lowest BCUT2D eigenvalue weighted by Crippen LogP contribution is -2.12. The lowest BCUT2D eigenvalue weighted by Gasteiger charge is -2.09. The number of hydrogen-bond donors (Lipinski definition) is 1. The summed E-state index contributed by atoms with van der Waals surface area (Å²) in [4.78, 5) is 12.2. The van der Waals surface area contributed by atoms with E-state index >= 15 is 0 Å². The average Bonchev–Trinajstić information content (AvgIpc) is 2.47. The van der Waals surface area contributed by atoms with Crippen molar-refractivity contribution in [1.82, 2.24) is 0 Å². The number of carbonyl (C=O) groups is 1. The third-order valence-electron chi connectivity index (χ3n) is 3.00. The molecule has 0 bridgehead atoms. The summed E-state index contributed by atoms with van der Waals surface area (Å²) in [5, 5.41) is 2.83. The second-order valence-corrected chi connectivity index (χ2v) is 4.37. The van der Waals surface area contributed by atoms with Crippen LogP contribution >= 0.6 is 0 Å². The second kappa shape index (κ2) is 6.10. The van der Waals surface area contributed by atoms with Crippen molar-refractivity contribution in [3.8, 4) is 11.5 Å². The summed E-state index contributed by atoms with van der Waals surface area (Å²) in [6, 6.07) is 12.6. The Morgan fingerprint density at radius 3 is 2.55 bits per heavy atom. The predicted octanol–water partition coefficient (Wildman–Crippen LogP) is 3.26. The first-order chi connectivity index (χ1) is 9.63. The number of carbonyl (C=O) groups excluding carboxylic acids is 1. The van der Waals surface area contributed by atoms with Gasteiger partial charge in [-0.25, -0.2) is 0 Å². The summed E-state index contributed by atoms with van der Waals surface area (Å²) in [6.45, 7) is 1.93. The first-order valence-electron chi connectivity index (χ1n) is 6.24. The van der Waals surface area contributed by atoms with Crippen LogP contribution in [0, 0.1) is 6.92 Å². The zero-order chi connectivity index (χ0) is 14.5. The molecule has 1 N–H and O–H groups in total. The Labute approximate surface area is 118 Å². The number of amides is 1. The average molecular weight is 271 g/mol. The number of anilines is 1. The summed E-state index contributed by atoms with van der Waals surface area (Å²) in [5.74, 6) is 1.21. The van der Waals surface area contributed by atoms with E-state index in [1.54, 1.807) is 32.4 Å². The van der Waals surface area contributed by atoms with E-state index in [2.05, 4.69) is 5.32 Å². The summed E-state index contributed by atoms with van der Waals surface area (Å²) in [5.41, 5.74) is 2.23. The van der Waals surface area contributed by atoms with Gasteiger partial charge in [-0.15, -0.1) is 0 Å². The summed E-state index contributed by atoms with van der Waals surface area (Å²) in [7, 11) is 3.18. The van der Waals surface area contributed by atoms with Crippen molar-refractivity contribution in [1.29, 1.82) is 0 Å². The Morgan fingerprint density at radius 2 is 1.85 bits per heavy atom. The maximum atomic E-state index is 12.2. The number of hydrogen-bond acceptors (Lipinski definition) is 3. The Bertz CT molecular complexity index is 623. The fraction of sp³-hybridized carbons (Fsp3) is 0.188. The van der Waals surface area contributed by atoms with Gasteiger partial charge in [-0.3, -0.25) is 4.79 Å². The molecule has 0 aliphatic carbocycles. The zero-order valence-electron chi connectivity index (χ0n) is 11.8. The molecular formula is C16H17NO3. The standard InChI is InChI=1S/C16H17NO3/c1-11-7-8-12(9-15(11)20-3)16(18)17-13-5-4-6-14(10-13)19-2/h4-10H,1-3H3,(H,17,18). The van der Waals surface area contributed by atoms with Crippen LogP contribution in [0.5, 0.6) is 11.5 Å². The van der Waals surface area contributed by atoms with E-state index in [0.29, 0.717) is 22.7 Å². The topological polar surface area (TPSA) is 47.6 Å². The van der Waals surface area contributed by atoms with Gasteiger partial charge in [0.2, 0.25) is 0 Å². The molecule has 0 aliphatic rings. The Balaban J connectivity index is 2.19. The fourth-order valence-electron chi connectivity index (χ4n) is 1.87. The minimum absolute atomic E-state index is 0.184. The fourth-order valence-corrected chi connectivity index (χ4v) is 1.87. The van der Waals surface area contributed by atoms with E-state index in [0.717, 1.165) is 5.56 Å². The summed E-state index contributed by atoms with van der Waals surface area (Å²) < 4.78 is 10.3. The molecular weight excluding hydrogens is 254 g/mol. The van der Waals surface area contributed by atoms with Gasteiger partial charge in [-0.2, -0.15) is 0 Å². The lowest BCUT2D eigenvalue weighted by molar-refractivity contribution is 0.102. The molecule has 0 aliphatic heterocycles. The molecule has 0 fully saturated rings. The van der Waals surface area contributed by atoms with Gasteiger partial charge >= 0.3 is 0 Å². The van der Waals surface area contributed by atoms with Crippen LogP contribution < -0.4 is 14.8 Å². The van der Waals surface area contributed by atoms with Gasteiger partial charge in [0.25, 0.3) is 5.91 Å². The van der Waals surface area contributed by atoms with Crippen LogP contribution in [0.4, 0.5) is 5.69 Å². The van der Waals surface area contributed by atoms with Crippen LogP contribution in [0.15, 0.2) is 42.5 Å². The maximum Gasteiger partial charge on any atom is 0.255 e. The van der Waals surface area contributed by atoms with E-state index in [1.807, 2.05) is 31.2 Å². The molecule has 2 aromatic rings. The van der Waals surface area contributed by atoms with Gasteiger partial charge in [-0.05, 0) is 36.8 Å². The molecule has 4 heteroatoms. The summed E-state index contributed by atoms with van der Waals surface area (Å²) >= 11 is 0. The highest BCUT2D eigenvalue weighted by Gasteiger charge is 2.09. The maximum absolute atomic E-state index is 12.2. The van der Waals surface area contributed by atoms with E-state index in [9.17, 15) is 4.79 Å². The Kier molecular flexibility index (Phi) is 4.25. The van der Waals surface area contributed by atoms with Crippen LogP contribution in [0.3, 0.4) is 0 Å². The first kappa shape index (κ1) is 13.9. The largest absolute Gasteiger partial charge is 0.497 e. The molecule has 0 saturated heterocycles. The minimum atomic E-state index is -0.184. The molecule has 4 nitrogen and oxygen atoms in total. The van der Waals surface area contributed by atoms with Crippen molar-refractivity contribution in [3.63, 3.8) is 0 Å². The van der Waals surface area contributed by atoms with E-state index in [4.69, 9.17) is 9.47 Å². The van der Waals surface area contributed by atoms with Gasteiger partial charge in [-0.1, -0.05) is 12.1 Å². The molecule has 0 unspecified atom stereocenters. The quantitative estimate of drug-likeness (QED) is 0.928. The molecule has 0 radical (unpaired) electrons. The first-order valence-corrected chi connectivity index (χ1v) is 6.24. The molecule has 0 atom stereocenters. The van der Waals surface area contributed by atoms with Crippen LogP contribution in [-0.2, 0) is 0 Å². The third-order valence-corrected chi connectivity index (χ3v) is 3.00.